The second-order valence-electron chi connectivity index (χ2n) is 8.49. The van der Waals surface area contributed by atoms with E-state index in [1.807, 2.05) is 26.0 Å². The molecule has 0 bridgehead atoms. The molecule has 1 fully saturated rings. The summed E-state index contributed by atoms with van der Waals surface area (Å²) >= 11 is 6.24. The molecule has 1 aliphatic rings. The zero-order chi connectivity index (χ0) is 23.9. The number of piperidine rings is 1. The Morgan fingerprint density at radius 2 is 1.91 bits per heavy atom. The number of fused-ring (bicyclic) bond motifs is 1. The number of nitrogens with zero attached hydrogens (tertiary/aromatic N) is 5. The molecule has 3 heterocycles. The minimum atomic E-state index is -0.0502. The van der Waals surface area contributed by atoms with Gasteiger partial charge in [-0.1, -0.05) is 18.0 Å². The number of aromatic nitrogens is 4. The van der Waals surface area contributed by atoms with Crippen molar-refractivity contribution in [1.29, 1.82) is 0 Å². The maximum atomic E-state index is 6.24. The molecule has 1 N–H and O–H groups in total. The highest BCUT2D eigenvalue weighted by molar-refractivity contribution is 6.31. The standard InChI is InChI=1S/C24H31ClN6O3/c1-16(2)34-19-13-17(33-11-7-10-31-8-5-4-6-9-31)12-18-21(19)23(28-15-27-18)30-24-22(25)26-14-20(29-24)32-3/h12-16H,4-11H2,1-3H3,(H,27,28,29,30). The Bertz CT molecular complexity index is 1110. The SMILES string of the molecule is COc1cnc(Cl)c(Nc2ncnc3cc(OCCCN4CCCCC4)cc(OC(C)C)c23)n1. The third kappa shape index (κ3) is 6.15. The van der Waals surface area contributed by atoms with Crippen molar-refractivity contribution >= 4 is 34.1 Å². The van der Waals surface area contributed by atoms with Gasteiger partial charge in [-0.05, 0) is 46.2 Å². The van der Waals surface area contributed by atoms with Crippen molar-refractivity contribution in [2.24, 2.45) is 0 Å². The molecule has 9 nitrogen and oxygen atoms in total. The van der Waals surface area contributed by atoms with E-state index < -0.39 is 0 Å². The molecule has 3 aromatic rings. The average Bonchev–Trinajstić information content (AvgIpc) is 2.83. The van der Waals surface area contributed by atoms with E-state index in [1.54, 1.807) is 0 Å². The van der Waals surface area contributed by atoms with E-state index in [1.165, 1.54) is 52.0 Å². The predicted octanol–water partition coefficient (Wildman–Crippen LogP) is 4.87. The molecule has 0 saturated carbocycles. The molecule has 182 valence electrons. The van der Waals surface area contributed by atoms with Gasteiger partial charge in [0, 0.05) is 18.7 Å². The van der Waals surface area contributed by atoms with Crippen molar-refractivity contribution in [2.75, 3.05) is 38.7 Å². The number of benzene rings is 1. The molecule has 10 heteroatoms. The molecule has 4 rings (SSSR count). The molecular weight excluding hydrogens is 456 g/mol. The highest BCUT2D eigenvalue weighted by Gasteiger charge is 2.17. The molecule has 0 unspecified atom stereocenters. The number of hydrogen-bond donors (Lipinski definition) is 1. The second-order valence-corrected chi connectivity index (χ2v) is 8.84. The van der Waals surface area contributed by atoms with Gasteiger partial charge in [0.2, 0.25) is 5.88 Å². The van der Waals surface area contributed by atoms with Crippen LogP contribution in [0.25, 0.3) is 10.9 Å². The van der Waals surface area contributed by atoms with Gasteiger partial charge in [0.25, 0.3) is 0 Å². The van der Waals surface area contributed by atoms with Crippen molar-refractivity contribution in [3.8, 4) is 17.4 Å². The first-order chi connectivity index (χ1) is 16.5. The van der Waals surface area contributed by atoms with Crippen LogP contribution < -0.4 is 19.5 Å². The molecule has 0 amide bonds. The van der Waals surface area contributed by atoms with Crippen LogP contribution in [0.4, 0.5) is 11.6 Å². The smallest absolute Gasteiger partial charge is 0.234 e. The van der Waals surface area contributed by atoms with Crippen molar-refractivity contribution in [2.45, 2.75) is 45.6 Å². The summed E-state index contributed by atoms with van der Waals surface area (Å²) in [4.78, 5) is 19.8. The van der Waals surface area contributed by atoms with Gasteiger partial charge in [0.15, 0.2) is 11.0 Å². The normalized spacial score (nSPS) is 14.4. The number of halogens is 1. The summed E-state index contributed by atoms with van der Waals surface area (Å²) < 4.78 is 17.4. The topological polar surface area (TPSA) is 94.5 Å². The third-order valence-corrected chi connectivity index (χ3v) is 5.80. The predicted molar refractivity (Wildman–Crippen MR) is 133 cm³/mol. The van der Waals surface area contributed by atoms with Crippen molar-refractivity contribution in [1.82, 2.24) is 24.8 Å². The minimum Gasteiger partial charge on any atom is -0.493 e. The fraction of sp³-hybridized carbons (Fsp3) is 0.500. The highest BCUT2D eigenvalue weighted by atomic mass is 35.5. The van der Waals surface area contributed by atoms with Crippen molar-refractivity contribution in [3.63, 3.8) is 0 Å². The zero-order valence-corrected chi connectivity index (χ0v) is 20.6. The molecule has 1 aromatic carbocycles. The van der Waals surface area contributed by atoms with Gasteiger partial charge in [-0.3, -0.25) is 0 Å². The molecule has 0 atom stereocenters. The van der Waals surface area contributed by atoms with Gasteiger partial charge in [0.1, 0.15) is 23.6 Å². The fourth-order valence-electron chi connectivity index (χ4n) is 3.96. The first-order valence-corrected chi connectivity index (χ1v) is 12.1. The van der Waals surface area contributed by atoms with Gasteiger partial charge in [-0.25, -0.2) is 15.0 Å². The van der Waals surface area contributed by atoms with Crippen molar-refractivity contribution in [3.05, 3.63) is 29.8 Å². The average molecular weight is 487 g/mol. The molecule has 1 saturated heterocycles. The molecular formula is C24H31ClN6O3. The summed E-state index contributed by atoms with van der Waals surface area (Å²) in [5, 5.41) is 4.06. The van der Waals surface area contributed by atoms with E-state index in [-0.39, 0.29) is 11.3 Å². The van der Waals surface area contributed by atoms with Gasteiger partial charge in [-0.2, -0.15) is 4.98 Å². The number of methoxy groups -OCH3 is 1. The van der Waals surface area contributed by atoms with E-state index in [9.17, 15) is 0 Å². The van der Waals surface area contributed by atoms with Gasteiger partial charge in [-0.15, -0.1) is 0 Å². The Labute approximate surface area is 204 Å². The fourth-order valence-corrected chi connectivity index (χ4v) is 4.10. The molecule has 34 heavy (non-hydrogen) atoms. The molecule has 0 spiro atoms. The Hall–Kier alpha value is -2.91. The number of nitrogens with one attached hydrogen (secondary N) is 1. The van der Waals surface area contributed by atoms with E-state index in [2.05, 4.69) is 30.2 Å². The largest absolute Gasteiger partial charge is 0.493 e. The number of ether oxygens (including phenoxy) is 3. The van der Waals surface area contributed by atoms with Crippen LogP contribution in [0.2, 0.25) is 5.15 Å². The lowest BCUT2D eigenvalue weighted by Crippen LogP contribution is -2.31. The highest BCUT2D eigenvalue weighted by Crippen LogP contribution is 2.36. The molecule has 1 aliphatic heterocycles. The van der Waals surface area contributed by atoms with E-state index in [0.29, 0.717) is 46.5 Å². The summed E-state index contributed by atoms with van der Waals surface area (Å²) in [5.74, 6) is 2.50. The first-order valence-electron chi connectivity index (χ1n) is 11.7. The second kappa shape index (κ2) is 11.5. The molecule has 0 radical (unpaired) electrons. The lowest BCUT2D eigenvalue weighted by atomic mass is 10.1. The van der Waals surface area contributed by atoms with Crippen LogP contribution >= 0.6 is 11.6 Å². The monoisotopic (exact) mass is 486 g/mol. The number of rotatable bonds is 10. The zero-order valence-electron chi connectivity index (χ0n) is 19.9. The van der Waals surface area contributed by atoms with Crippen LogP contribution in [0, 0.1) is 0 Å². The van der Waals surface area contributed by atoms with Gasteiger partial charge >= 0.3 is 0 Å². The summed E-state index contributed by atoms with van der Waals surface area (Å²) in [6.07, 6.45) is 7.79. The van der Waals surface area contributed by atoms with Gasteiger partial charge < -0.3 is 24.4 Å². The Morgan fingerprint density at radius 1 is 1.09 bits per heavy atom. The molecule has 0 aliphatic carbocycles. The molecule has 2 aromatic heterocycles. The quantitative estimate of drug-likeness (QED) is 0.403. The van der Waals surface area contributed by atoms with E-state index in [0.717, 1.165) is 13.0 Å². The van der Waals surface area contributed by atoms with Crippen LogP contribution in [0.5, 0.6) is 17.4 Å². The lowest BCUT2D eigenvalue weighted by Gasteiger charge is -2.26. The summed E-state index contributed by atoms with van der Waals surface area (Å²) in [6.45, 7) is 8.02. The Morgan fingerprint density at radius 3 is 2.68 bits per heavy atom. The van der Waals surface area contributed by atoms with E-state index >= 15 is 0 Å². The number of hydrogen-bond acceptors (Lipinski definition) is 9. The summed E-state index contributed by atoms with van der Waals surface area (Å²) in [5.41, 5.74) is 0.689. The van der Waals surface area contributed by atoms with Crippen LogP contribution in [0.1, 0.15) is 39.5 Å². The summed E-state index contributed by atoms with van der Waals surface area (Å²) in [6, 6.07) is 3.78. The Balaban J connectivity index is 1.56. The van der Waals surface area contributed by atoms with E-state index in [4.69, 9.17) is 25.8 Å². The maximum absolute atomic E-state index is 6.24. The van der Waals surface area contributed by atoms with Crippen LogP contribution in [-0.2, 0) is 0 Å². The lowest BCUT2D eigenvalue weighted by molar-refractivity contribution is 0.204. The van der Waals surface area contributed by atoms with Gasteiger partial charge in [0.05, 0.1) is 36.9 Å². The minimum absolute atomic E-state index is 0.0502. The number of anilines is 2. The third-order valence-electron chi connectivity index (χ3n) is 5.53. The maximum Gasteiger partial charge on any atom is 0.234 e. The van der Waals surface area contributed by atoms with Crippen molar-refractivity contribution < 1.29 is 14.2 Å². The first kappa shape index (κ1) is 24.2. The van der Waals surface area contributed by atoms with Crippen LogP contribution in [0.15, 0.2) is 24.7 Å². The summed E-state index contributed by atoms with van der Waals surface area (Å²) in [7, 11) is 1.52. The number of likely N-dealkylation sites (tertiary alicyclic amines) is 1. The van der Waals surface area contributed by atoms with Crippen LogP contribution in [0.3, 0.4) is 0 Å². The Kier molecular flexibility index (Phi) is 8.18. The van der Waals surface area contributed by atoms with Crippen LogP contribution in [-0.4, -0.2) is 64.3 Å².